The molecule has 0 radical (unpaired) electrons. The average Bonchev–Trinajstić information content (AvgIpc) is 2.47. The van der Waals surface area contributed by atoms with Crippen LogP contribution in [0.5, 0.6) is 0 Å². The molecule has 1 amide bonds. The Hall–Kier alpha value is -2.21. The van der Waals surface area contributed by atoms with Crippen LogP contribution in [-0.2, 0) is 11.3 Å². The molecule has 2 aromatic rings. The van der Waals surface area contributed by atoms with Crippen LogP contribution in [0.2, 0.25) is 0 Å². The molecule has 1 fully saturated rings. The molecule has 6 nitrogen and oxygen atoms in total. The van der Waals surface area contributed by atoms with E-state index in [-0.39, 0.29) is 35.1 Å². The minimum atomic E-state index is -0.188. The molecule has 134 valence electrons. The van der Waals surface area contributed by atoms with Crippen LogP contribution in [0.25, 0.3) is 10.9 Å². The first kappa shape index (κ1) is 17.6. The predicted molar refractivity (Wildman–Crippen MR) is 98.5 cm³/mol. The van der Waals surface area contributed by atoms with E-state index in [4.69, 9.17) is 0 Å². The lowest BCUT2D eigenvalue weighted by atomic mass is 9.79. The minimum absolute atomic E-state index is 0.0124. The van der Waals surface area contributed by atoms with Gasteiger partial charge in [0, 0.05) is 17.1 Å². The molecule has 6 heteroatoms. The third kappa shape index (κ3) is 4.07. The molecule has 0 aliphatic carbocycles. The fourth-order valence-electron chi connectivity index (χ4n) is 4.07. The van der Waals surface area contributed by atoms with E-state index in [2.05, 4.69) is 43.3 Å². The van der Waals surface area contributed by atoms with Gasteiger partial charge in [0.2, 0.25) is 5.91 Å². The minimum Gasteiger partial charge on any atom is -0.352 e. The number of amides is 1. The molecular weight excluding hydrogens is 316 g/mol. The number of nitrogens with one attached hydrogen (secondary N) is 2. The summed E-state index contributed by atoms with van der Waals surface area (Å²) in [5.41, 5.74) is 0.375. The van der Waals surface area contributed by atoms with Crippen molar-refractivity contribution in [2.24, 2.45) is 0 Å². The van der Waals surface area contributed by atoms with Crippen molar-refractivity contribution in [2.75, 3.05) is 0 Å². The van der Waals surface area contributed by atoms with Gasteiger partial charge in [-0.2, -0.15) is 0 Å². The molecule has 3 rings (SSSR count). The second-order valence-electron chi connectivity index (χ2n) is 8.26. The van der Waals surface area contributed by atoms with Gasteiger partial charge in [-0.1, -0.05) is 12.1 Å². The van der Waals surface area contributed by atoms with Crippen molar-refractivity contribution in [1.29, 1.82) is 0 Å². The Morgan fingerprint density at radius 2 is 1.88 bits per heavy atom. The van der Waals surface area contributed by atoms with Crippen LogP contribution in [0, 0.1) is 0 Å². The molecule has 0 unspecified atom stereocenters. The maximum Gasteiger partial charge on any atom is 0.261 e. The fraction of sp³-hybridized carbons (Fsp3) is 0.526. The number of benzene rings is 1. The summed E-state index contributed by atoms with van der Waals surface area (Å²) >= 11 is 0. The average molecular weight is 342 g/mol. The number of hydrogen-bond donors (Lipinski definition) is 2. The summed E-state index contributed by atoms with van der Waals surface area (Å²) in [6.45, 7) is 8.56. The van der Waals surface area contributed by atoms with E-state index in [0.717, 1.165) is 12.8 Å². The Kier molecular flexibility index (Phi) is 4.41. The highest BCUT2D eigenvalue weighted by atomic mass is 16.2. The molecule has 1 aliphatic heterocycles. The molecule has 1 aromatic carbocycles. The number of fused-ring (bicyclic) bond motifs is 1. The van der Waals surface area contributed by atoms with E-state index in [9.17, 15) is 9.59 Å². The van der Waals surface area contributed by atoms with E-state index in [1.807, 2.05) is 6.07 Å². The summed E-state index contributed by atoms with van der Waals surface area (Å²) in [5.74, 6) is -0.155. The summed E-state index contributed by atoms with van der Waals surface area (Å²) < 4.78 is 1.37. The van der Waals surface area contributed by atoms with Gasteiger partial charge < -0.3 is 10.6 Å². The predicted octanol–water partition coefficient (Wildman–Crippen LogP) is 1.82. The van der Waals surface area contributed by atoms with Crippen LogP contribution in [0.4, 0.5) is 0 Å². The highest BCUT2D eigenvalue weighted by Crippen LogP contribution is 2.28. The largest absolute Gasteiger partial charge is 0.352 e. The van der Waals surface area contributed by atoms with E-state index < -0.39 is 0 Å². The van der Waals surface area contributed by atoms with Gasteiger partial charge in [-0.3, -0.25) is 14.2 Å². The molecule has 0 bridgehead atoms. The molecule has 1 aromatic heterocycles. The lowest BCUT2D eigenvalue weighted by Gasteiger charge is -2.46. The summed E-state index contributed by atoms with van der Waals surface area (Å²) in [6, 6.07) is 7.25. The van der Waals surface area contributed by atoms with Gasteiger partial charge >= 0.3 is 0 Å². The monoisotopic (exact) mass is 342 g/mol. The van der Waals surface area contributed by atoms with Gasteiger partial charge in [0.25, 0.3) is 5.56 Å². The number of para-hydroxylation sites is 1. The number of piperidine rings is 1. The molecular formula is C19H26N4O2. The van der Waals surface area contributed by atoms with Crippen LogP contribution in [0.15, 0.2) is 35.4 Å². The second kappa shape index (κ2) is 6.26. The highest BCUT2D eigenvalue weighted by Gasteiger charge is 2.38. The van der Waals surface area contributed by atoms with Gasteiger partial charge in [-0.05, 0) is 52.7 Å². The standard InChI is InChI=1S/C19H26N4O2/c1-18(2)9-13(10-19(3,4)22-18)21-16(24)11-23-12-20-15-8-6-5-7-14(15)17(23)25/h5-8,12-13,22H,9-11H2,1-4H3,(H,21,24). The first-order chi connectivity index (χ1) is 11.7. The fourth-order valence-corrected chi connectivity index (χ4v) is 4.07. The quantitative estimate of drug-likeness (QED) is 0.892. The number of carbonyl (C=O) groups excluding carboxylic acids is 1. The third-order valence-corrected chi connectivity index (χ3v) is 4.60. The van der Waals surface area contributed by atoms with Crippen molar-refractivity contribution in [3.05, 3.63) is 40.9 Å². The van der Waals surface area contributed by atoms with Crippen LogP contribution in [0.1, 0.15) is 40.5 Å². The molecule has 0 atom stereocenters. The molecule has 2 N–H and O–H groups in total. The zero-order chi connectivity index (χ0) is 18.2. The second-order valence-corrected chi connectivity index (χ2v) is 8.26. The van der Waals surface area contributed by atoms with Gasteiger partial charge in [-0.15, -0.1) is 0 Å². The number of carbonyl (C=O) groups is 1. The first-order valence-electron chi connectivity index (χ1n) is 8.68. The normalized spacial score (nSPS) is 19.7. The Morgan fingerprint density at radius 3 is 2.56 bits per heavy atom. The Balaban J connectivity index is 1.73. The summed E-state index contributed by atoms with van der Waals surface area (Å²) in [7, 11) is 0. The Bertz CT molecular complexity index is 838. The van der Waals surface area contributed by atoms with Crippen molar-refractivity contribution in [3.63, 3.8) is 0 Å². The van der Waals surface area contributed by atoms with Crippen molar-refractivity contribution >= 4 is 16.8 Å². The number of hydrogen-bond acceptors (Lipinski definition) is 4. The van der Waals surface area contributed by atoms with Gasteiger partial charge in [0.15, 0.2) is 0 Å². The van der Waals surface area contributed by atoms with Crippen LogP contribution < -0.4 is 16.2 Å². The van der Waals surface area contributed by atoms with Crippen LogP contribution in [0.3, 0.4) is 0 Å². The van der Waals surface area contributed by atoms with Gasteiger partial charge in [-0.25, -0.2) is 4.98 Å². The molecule has 2 heterocycles. The summed E-state index contributed by atoms with van der Waals surface area (Å²) in [5, 5.41) is 7.21. The van der Waals surface area contributed by atoms with Crippen molar-refractivity contribution < 1.29 is 4.79 Å². The summed E-state index contributed by atoms with van der Waals surface area (Å²) in [6.07, 6.45) is 3.15. The zero-order valence-corrected chi connectivity index (χ0v) is 15.3. The zero-order valence-electron chi connectivity index (χ0n) is 15.3. The molecule has 0 saturated carbocycles. The molecule has 0 spiro atoms. The Labute approximate surface area is 147 Å². The van der Waals surface area contributed by atoms with Crippen LogP contribution in [-0.4, -0.2) is 32.6 Å². The third-order valence-electron chi connectivity index (χ3n) is 4.60. The van der Waals surface area contributed by atoms with Crippen molar-refractivity contribution in [1.82, 2.24) is 20.2 Å². The van der Waals surface area contributed by atoms with E-state index in [1.165, 1.54) is 10.9 Å². The van der Waals surface area contributed by atoms with Crippen LogP contribution >= 0.6 is 0 Å². The lowest BCUT2D eigenvalue weighted by Crippen LogP contribution is -2.62. The maximum atomic E-state index is 12.5. The van der Waals surface area contributed by atoms with Gasteiger partial charge in [0.1, 0.15) is 6.54 Å². The molecule has 25 heavy (non-hydrogen) atoms. The number of nitrogens with zero attached hydrogens (tertiary/aromatic N) is 2. The SMILES string of the molecule is CC1(C)CC(NC(=O)Cn2cnc3ccccc3c2=O)CC(C)(C)N1. The van der Waals surface area contributed by atoms with E-state index >= 15 is 0 Å². The number of aromatic nitrogens is 2. The van der Waals surface area contributed by atoms with Crippen molar-refractivity contribution in [3.8, 4) is 0 Å². The van der Waals surface area contributed by atoms with Crippen molar-refractivity contribution in [2.45, 2.75) is 64.2 Å². The lowest BCUT2D eigenvalue weighted by molar-refractivity contribution is -0.123. The van der Waals surface area contributed by atoms with Gasteiger partial charge in [0.05, 0.1) is 17.2 Å². The summed E-state index contributed by atoms with van der Waals surface area (Å²) in [4.78, 5) is 29.2. The Morgan fingerprint density at radius 1 is 1.24 bits per heavy atom. The topological polar surface area (TPSA) is 76.0 Å². The van der Waals surface area contributed by atoms with E-state index in [1.54, 1.807) is 18.2 Å². The van der Waals surface area contributed by atoms with E-state index in [0.29, 0.717) is 10.9 Å². The molecule has 1 saturated heterocycles. The smallest absolute Gasteiger partial charge is 0.261 e. The maximum absolute atomic E-state index is 12.5. The highest BCUT2D eigenvalue weighted by molar-refractivity contribution is 5.79. The first-order valence-corrected chi connectivity index (χ1v) is 8.68. The number of rotatable bonds is 3. The molecule has 1 aliphatic rings.